The van der Waals surface area contributed by atoms with Gasteiger partial charge in [0, 0.05) is 22.7 Å². The number of amides is 1. The molecule has 5 rings (SSSR count). The molecule has 0 spiro atoms. The minimum atomic E-state index is -0.358. The minimum absolute atomic E-state index is 0.212. The van der Waals surface area contributed by atoms with E-state index in [0.717, 1.165) is 22.1 Å². The van der Waals surface area contributed by atoms with E-state index in [4.69, 9.17) is 9.47 Å². The van der Waals surface area contributed by atoms with E-state index >= 15 is 0 Å². The monoisotopic (exact) mass is 441 g/mol. The number of aromatic nitrogens is 2. The van der Waals surface area contributed by atoms with Gasteiger partial charge in [0.15, 0.2) is 11.5 Å². The van der Waals surface area contributed by atoms with Crippen LogP contribution >= 0.6 is 0 Å². The number of rotatable bonds is 4. The van der Waals surface area contributed by atoms with E-state index in [1.807, 2.05) is 50.2 Å². The fraction of sp³-hybridized carbons (Fsp3) is 0.192. The fourth-order valence-corrected chi connectivity index (χ4v) is 3.99. The first kappa shape index (κ1) is 20.8. The summed E-state index contributed by atoms with van der Waals surface area (Å²) in [7, 11) is 0. The number of carbonyl (C=O) groups is 1. The zero-order chi connectivity index (χ0) is 22.9. The Morgan fingerprint density at radius 2 is 1.73 bits per heavy atom. The highest BCUT2D eigenvalue weighted by atomic mass is 16.6. The first-order chi connectivity index (χ1) is 16.0. The molecule has 0 atom stereocenters. The van der Waals surface area contributed by atoms with E-state index < -0.39 is 0 Å². The Balaban J connectivity index is 1.51. The highest BCUT2D eigenvalue weighted by molar-refractivity contribution is 5.95. The SMILES string of the molecule is Cc1ccc(C)c(-c2nn(CC(=O)Nc3ccc4c(c3)OCCO4)c(=O)c3ccccc23)c1. The van der Waals surface area contributed by atoms with Gasteiger partial charge in [-0.1, -0.05) is 35.9 Å². The van der Waals surface area contributed by atoms with Crippen LogP contribution in [0.2, 0.25) is 0 Å². The van der Waals surface area contributed by atoms with Gasteiger partial charge >= 0.3 is 0 Å². The molecule has 166 valence electrons. The van der Waals surface area contributed by atoms with E-state index in [0.29, 0.717) is 41.5 Å². The second-order valence-corrected chi connectivity index (χ2v) is 8.08. The average Bonchev–Trinajstić information content (AvgIpc) is 2.82. The normalized spacial score (nSPS) is 12.5. The number of anilines is 1. The van der Waals surface area contributed by atoms with E-state index in [-0.39, 0.29) is 18.0 Å². The Morgan fingerprint density at radius 1 is 0.970 bits per heavy atom. The summed E-state index contributed by atoms with van der Waals surface area (Å²) in [5.41, 5.74) is 4.01. The number of hydrogen-bond acceptors (Lipinski definition) is 5. The van der Waals surface area contributed by atoms with Gasteiger partial charge in [0.1, 0.15) is 19.8 Å². The number of aryl methyl sites for hydroxylation is 2. The first-order valence-corrected chi connectivity index (χ1v) is 10.8. The van der Waals surface area contributed by atoms with Gasteiger partial charge in [0.2, 0.25) is 5.91 Å². The van der Waals surface area contributed by atoms with Gasteiger partial charge in [-0.05, 0) is 43.7 Å². The fourth-order valence-electron chi connectivity index (χ4n) is 3.99. The second kappa shape index (κ2) is 8.43. The Kier molecular flexibility index (Phi) is 5.30. The number of carbonyl (C=O) groups excluding carboxylic acids is 1. The molecular weight excluding hydrogens is 418 g/mol. The summed E-state index contributed by atoms with van der Waals surface area (Å²) >= 11 is 0. The maximum Gasteiger partial charge on any atom is 0.275 e. The maximum atomic E-state index is 13.1. The van der Waals surface area contributed by atoms with Crippen LogP contribution in [0.25, 0.3) is 22.0 Å². The van der Waals surface area contributed by atoms with Crippen LogP contribution in [0.5, 0.6) is 11.5 Å². The lowest BCUT2D eigenvalue weighted by atomic mass is 9.99. The molecule has 1 amide bonds. The molecule has 1 aromatic heterocycles. The Labute approximate surface area is 190 Å². The quantitative estimate of drug-likeness (QED) is 0.516. The zero-order valence-electron chi connectivity index (χ0n) is 18.4. The van der Waals surface area contributed by atoms with Crippen LogP contribution in [-0.4, -0.2) is 28.9 Å². The Bertz CT molecular complexity index is 1440. The molecule has 1 aliphatic heterocycles. The smallest absolute Gasteiger partial charge is 0.275 e. The standard InChI is InChI=1S/C26H23N3O4/c1-16-7-8-17(2)21(13-16)25-19-5-3-4-6-20(19)26(31)29(28-25)15-24(30)27-18-9-10-22-23(14-18)33-12-11-32-22/h3-10,13-14H,11-12,15H2,1-2H3,(H,27,30). The van der Waals surface area contributed by atoms with Crippen LogP contribution < -0.4 is 20.3 Å². The van der Waals surface area contributed by atoms with Crippen LogP contribution in [0.3, 0.4) is 0 Å². The van der Waals surface area contributed by atoms with Crippen molar-refractivity contribution >= 4 is 22.4 Å². The van der Waals surface area contributed by atoms with Crippen molar-refractivity contribution in [1.29, 1.82) is 0 Å². The molecule has 1 N–H and O–H groups in total. The van der Waals surface area contributed by atoms with Gasteiger partial charge in [-0.2, -0.15) is 5.10 Å². The average molecular weight is 441 g/mol. The minimum Gasteiger partial charge on any atom is -0.486 e. The molecule has 0 saturated heterocycles. The molecule has 1 aliphatic rings. The molecule has 0 fully saturated rings. The number of hydrogen-bond donors (Lipinski definition) is 1. The summed E-state index contributed by atoms with van der Waals surface area (Å²) in [5.74, 6) is 0.866. The zero-order valence-corrected chi connectivity index (χ0v) is 18.4. The van der Waals surface area contributed by atoms with Gasteiger partial charge in [0.25, 0.3) is 5.56 Å². The van der Waals surface area contributed by atoms with Crippen molar-refractivity contribution in [3.8, 4) is 22.8 Å². The van der Waals surface area contributed by atoms with Gasteiger partial charge in [-0.15, -0.1) is 0 Å². The van der Waals surface area contributed by atoms with Crippen LogP contribution in [-0.2, 0) is 11.3 Å². The summed E-state index contributed by atoms with van der Waals surface area (Å²) in [6, 6.07) is 18.7. The van der Waals surface area contributed by atoms with Crippen LogP contribution in [0.15, 0.2) is 65.5 Å². The lowest BCUT2D eigenvalue weighted by Gasteiger charge is -2.19. The molecule has 0 radical (unpaired) electrons. The van der Waals surface area contributed by atoms with E-state index in [9.17, 15) is 9.59 Å². The predicted octanol–water partition coefficient (Wildman–Crippen LogP) is 4.09. The Hall–Kier alpha value is -4.13. The summed E-state index contributed by atoms with van der Waals surface area (Å²) in [4.78, 5) is 26.0. The van der Waals surface area contributed by atoms with E-state index in [2.05, 4.69) is 10.4 Å². The van der Waals surface area contributed by atoms with E-state index in [1.165, 1.54) is 4.68 Å². The summed E-state index contributed by atoms with van der Waals surface area (Å²) in [6.07, 6.45) is 0. The van der Waals surface area contributed by atoms with Crippen molar-refractivity contribution in [2.45, 2.75) is 20.4 Å². The first-order valence-electron chi connectivity index (χ1n) is 10.8. The maximum absolute atomic E-state index is 13.1. The number of fused-ring (bicyclic) bond motifs is 2. The van der Waals surface area contributed by atoms with E-state index in [1.54, 1.807) is 24.3 Å². The van der Waals surface area contributed by atoms with Crippen molar-refractivity contribution in [2.24, 2.45) is 0 Å². The third kappa shape index (κ3) is 4.05. The van der Waals surface area contributed by atoms with Crippen molar-refractivity contribution < 1.29 is 14.3 Å². The molecule has 7 heteroatoms. The lowest BCUT2D eigenvalue weighted by Crippen LogP contribution is -2.30. The molecule has 0 unspecified atom stereocenters. The van der Waals surface area contributed by atoms with Gasteiger partial charge in [-0.25, -0.2) is 4.68 Å². The summed E-state index contributed by atoms with van der Waals surface area (Å²) < 4.78 is 12.3. The van der Waals surface area contributed by atoms with Crippen molar-refractivity contribution in [1.82, 2.24) is 9.78 Å². The van der Waals surface area contributed by atoms with Gasteiger partial charge in [-0.3, -0.25) is 9.59 Å². The van der Waals surface area contributed by atoms with Crippen molar-refractivity contribution in [3.05, 3.63) is 82.1 Å². The summed E-state index contributed by atoms with van der Waals surface area (Å²) in [5, 5.41) is 8.73. The molecule has 0 bridgehead atoms. The topological polar surface area (TPSA) is 82.5 Å². The highest BCUT2D eigenvalue weighted by Crippen LogP contribution is 2.32. The molecule has 0 aliphatic carbocycles. The largest absolute Gasteiger partial charge is 0.486 e. The van der Waals surface area contributed by atoms with Crippen molar-refractivity contribution in [2.75, 3.05) is 18.5 Å². The number of nitrogens with zero attached hydrogens (tertiary/aromatic N) is 2. The third-order valence-corrected chi connectivity index (χ3v) is 5.64. The van der Waals surface area contributed by atoms with Crippen molar-refractivity contribution in [3.63, 3.8) is 0 Å². The lowest BCUT2D eigenvalue weighted by molar-refractivity contribution is -0.117. The number of benzene rings is 3. The highest BCUT2D eigenvalue weighted by Gasteiger charge is 2.17. The predicted molar refractivity (Wildman–Crippen MR) is 127 cm³/mol. The molecule has 0 saturated carbocycles. The number of nitrogens with one attached hydrogen (secondary N) is 1. The third-order valence-electron chi connectivity index (χ3n) is 5.64. The Morgan fingerprint density at radius 3 is 2.55 bits per heavy atom. The van der Waals surface area contributed by atoms with Crippen LogP contribution in [0.1, 0.15) is 11.1 Å². The molecule has 3 aromatic carbocycles. The van der Waals surface area contributed by atoms with Gasteiger partial charge < -0.3 is 14.8 Å². The van der Waals surface area contributed by atoms with Gasteiger partial charge in [0.05, 0.1) is 11.1 Å². The van der Waals surface area contributed by atoms with Crippen LogP contribution in [0.4, 0.5) is 5.69 Å². The van der Waals surface area contributed by atoms with Crippen LogP contribution in [0, 0.1) is 13.8 Å². The molecule has 7 nitrogen and oxygen atoms in total. The molecular formula is C26H23N3O4. The molecule has 4 aromatic rings. The number of ether oxygens (including phenoxy) is 2. The molecule has 33 heavy (non-hydrogen) atoms. The molecule has 2 heterocycles. The summed E-state index contributed by atoms with van der Waals surface area (Å²) in [6.45, 7) is 4.77. The second-order valence-electron chi connectivity index (χ2n) is 8.08.